The molecule has 11 aromatic carbocycles. The van der Waals surface area contributed by atoms with E-state index in [2.05, 4.69) is 292 Å². The molecule has 336 valence electrons. The molecule has 0 bridgehead atoms. The van der Waals surface area contributed by atoms with E-state index in [-0.39, 0.29) is 5.41 Å². The summed E-state index contributed by atoms with van der Waals surface area (Å²) < 4.78 is 0. The number of fused-ring (bicyclic) bond motifs is 9. The molecule has 1 spiro atoms. The first-order valence-corrected chi connectivity index (χ1v) is 24.8. The van der Waals surface area contributed by atoms with Crippen LogP contribution in [0.15, 0.2) is 273 Å². The Morgan fingerprint density at radius 1 is 0.254 bits per heavy atom. The maximum atomic E-state index is 2.58. The zero-order valence-corrected chi connectivity index (χ0v) is 39.9. The summed E-state index contributed by atoms with van der Waals surface area (Å²) >= 11 is 0. The van der Waals surface area contributed by atoms with Crippen LogP contribution in [0, 0.1) is 0 Å². The Hall–Kier alpha value is -8.78. The minimum absolute atomic E-state index is 0.197. The Kier molecular flexibility index (Phi) is 10.1. The van der Waals surface area contributed by atoms with Crippen molar-refractivity contribution in [1.82, 2.24) is 0 Å². The summed E-state index contributed by atoms with van der Waals surface area (Å²) in [6.45, 7) is 4.79. The first kappa shape index (κ1) is 42.3. The Morgan fingerprint density at radius 3 is 1.20 bits per heavy atom. The monoisotopic (exact) mass is 905 g/mol. The van der Waals surface area contributed by atoms with E-state index in [1.807, 2.05) is 0 Å². The highest BCUT2D eigenvalue weighted by molar-refractivity contribution is 6.03. The van der Waals surface area contributed by atoms with Crippen molar-refractivity contribution in [3.05, 3.63) is 306 Å². The van der Waals surface area contributed by atoms with E-state index in [0.717, 1.165) is 33.8 Å². The maximum absolute atomic E-state index is 2.58. The lowest BCUT2D eigenvalue weighted by molar-refractivity contribution is 0.563. The van der Waals surface area contributed by atoms with Crippen molar-refractivity contribution in [2.24, 2.45) is 0 Å². The Labute approximate surface area is 417 Å². The molecule has 2 aliphatic rings. The fourth-order valence-corrected chi connectivity index (χ4v) is 12.3. The highest BCUT2D eigenvalue weighted by Crippen LogP contribution is 2.64. The van der Waals surface area contributed by atoms with Crippen LogP contribution in [0.2, 0.25) is 0 Å². The van der Waals surface area contributed by atoms with Crippen molar-refractivity contribution >= 4 is 17.1 Å². The van der Waals surface area contributed by atoms with Crippen LogP contribution in [0.4, 0.5) is 17.1 Å². The van der Waals surface area contributed by atoms with Gasteiger partial charge in [-0.2, -0.15) is 0 Å². The first-order chi connectivity index (χ1) is 35.0. The van der Waals surface area contributed by atoms with Crippen LogP contribution >= 0.6 is 0 Å². The van der Waals surface area contributed by atoms with E-state index in [1.165, 1.54) is 83.5 Å². The van der Waals surface area contributed by atoms with Gasteiger partial charge >= 0.3 is 0 Å². The van der Waals surface area contributed by atoms with Crippen LogP contribution < -0.4 is 4.90 Å². The molecule has 0 aromatic heterocycles. The molecule has 2 aliphatic carbocycles. The molecule has 0 radical (unpaired) electrons. The van der Waals surface area contributed by atoms with Crippen molar-refractivity contribution in [2.45, 2.75) is 24.7 Å². The Morgan fingerprint density at radius 2 is 0.634 bits per heavy atom. The molecule has 0 saturated heterocycles. The van der Waals surface area contributed by atoms with Gasteiger partial charge in [-0.3, -0.25) is 0 Å². The fourth-order valence-electron chi connectivity index (χ4n) is 12.3. The SMILES string of the molecule is CC1(C)c2ccccc2C2(c3ccccc3-c3c(N(c4cc(-c5ccccc5)cc(-c5ccccc5)c4)c4ccccc4-c4ccccc4-c4ccccc4-c4ccccc4)cccc32)c2ccccc21. The summed E-state index contributed by atoms with van der Waals surface area (Å²) in [5.41, 5.74) is 24.8. The van der Waals surface area contributed by atoms with Gasteiger partial charge in [-0.15, -0.1) is 0 Å². The van der Waals surface area contributed by atoms with Crippen LogP contribution in [0.1, 0.15) is 47.2 Å². The average Bonchev–Trinajstić information content (AvgIpc) is 3.75. The lowest BCUT2D eigenvalue weighted by Gasteiger charge is -2.46. The summed E-state index contributed by atoms with van der Waals surface area (Å²) in [5, 5.41) is 0. The lowest BCUT2D eigenvalue weighted by Crippen LogP contribution is -2.40. The van der Waals surface area contributed by atoms with Gasteiger partial charge in [0.25, 0.3) is 0 Å². The van der Waals surface area contributed by atoms with Crippen molar-refractivity contribution in [3.8, 4) is 66.8 Å². The predicted octanol–water partition coefficient (Wildman–Crippen LogP) is 18.5. The van der Waals surface area contributed by atoms with Gasteiger partial charge in [-0.25, -0.2) is 0 Å². The van der Waals surface area contributed by atoms with Gasteiger partial charge in [0.1, 0.15) is 0 Å². The van der Waals surface area contributed by atoms with E-state index >= 15 is 0 Å². The molecular formula is C70H51N. The molecule has 1 heteroatoms. The second kappa shape index (κ2) is 17.0. The van der Waals surface area contributed by atoms with Gasteiger partial charge in [-0.05, 0) is 119 Å². The minimum atomic E-state index is -0.551. The average molecular weight is 906 g/mol. The molecular weight excluding hydrogens is 855 g/mol. The third-order valence-electron chi connectivity index (χ3n) is 15.4. The number of hydrogen-bond acceptors (Lipinski definition) is 1. The summed E-state index contributed by atoms with van der Waals surface area (Å²) in [7, 11) is 0. The number of hydrogen-bond donors (Lipinski definition) is 0. The Bertz CT molecular complexity index is 3680. The Balaban J connectivity index is 1.13. The van der Waals surface area contributed by atoms with Crippen molar-refractivity contribution in [1.29, 1.82) is 0 Å². The number of benzene rings is 11. The number of rotatable bonds is 8. The van der Waals surface area contributed by atoms with Gasteiger partial charge in [0.05, 0.1) is 16.8 Å². The molecule has 11 aromatic rings. The topological polar surface area (TPSA) is 3.24 Å². The third-order valence-corrected chi connectivity index (χ3v) is 15.4. The van der Waals surface area contributed by atoms with Crippen molar-refractivity contribution in [3.63, 3.8) is 0 Å². The van der Waals surface area contributed by atoms with Gasteiger partial charge in [-0.1, -0.05) is 257 Å². The van der Waals surface area contributed by atoms with Crippen LogP contribution in [0.3, 0.4) is 0 Å². The molecule has 1 nitrogen and oxygen atoms in total. The third kappa shape index (κ3) is 6.68. The minimum Gasteiger partial charge on any atom is -0.309 e. The molecule has 0 amide bonds. The molecule has 71 heavy (non-hydrogen) atoms. The largest absolute Gasteiger partial charge is 0.309 e. The number of anilines is 3. The van der Waals surface area contributed by atoms with Gasteiger partial charge in [0, 0.05) is 22.2 Å². The van der Waals surface area contributed by atoms with Crippen molar-refractivity contribution in [2.75, 3.05) is 4.90 Å². The zero-order valence-electron chi connectivity index (χ0n) is 39.9. The molecule has 0 N–H and O–H groups in total. The van der Waals surface area contributed by atoms with Crippen LogP contribution in [-0.2, 0) is 10.8 Å². The van der Waals surface area contributed by atoms with Gasteiger partial charge in [0.15, 0.2) is 0 Å². The second-order valence-corrected chi connectivity index (χ2v) is 19.5. The van der Waals surface area contributed by atoms with Gasteiger partial charge < -0.3 is 4.90 Å². The fraction of sp³-hybridized carbons (Fsp3) is 0.0571. The highest BCUT2D eigenvalue weighted by atomic mass is 15.1. The molecule has 0 unspecified atom stereocenters. The lowest BCUT2D eigenvalue weighted by atomic mass is 9.55. The summed E-state index contributed by atoms with van der Waals surface area (Å²) in [5.74, 6) is 0. The quantitative estimate of drug-likeness (QED) is 0.147. The first-order valence-electron chi connectivity index (χ1n) is 24.8. The molecule has 0 aliphatic heterocycles. The zero-order chi connectivity index (χ0) is 47.5. The second-order valence-electron chi connectivity index (χ2n) is 19.5. The van der Waals surface area contributed by atoms with E-state index in [4.69, 9.17) is 0 Å². The van der Waals surface area contributed by atoms with Gasteiger partial charge in [0.2, 0.25) is 0 Å². The molecule has 0 fully saturated rings. The molecule has 13 rings (SSSR count). The smallest absolute Gasteiger partial charge is 0.0720 e. The standard InChI is InChI=1S/C70H51N/c1-69(2)61-38-19-21-40-63(61)70(64-41-22-20-39-62(64)69)60-37-18-16-36-59(60)68-65(70)42-24-44-67(68)71(53-46-51(48-25-6-3-7-26-48)45-52(47-53)49-27-8-4-9-28-49)66-43-23-17-35-58(66)57-34-15-14-33-56(57)55-32-13-12-31-54(55)50-29-10-5-11-30-50/h3-47H,1-2H3. The maximum Gasteiger partial charge on any atom is 0.0720 e. The summed E-state index contributed by atoms with van der Waals surface area (Å²) in [6.07, 6.45) is 0. The summed E-state index contributed by atoms with van der Waals surface area (Å²) in [4.78, 5) is 2.58. The normalized spacial score (nSPS) is 13.4. The number of para-hydroxylation sites is 1. The van der Waals surface area contributed by atoms with E-state index in [0.29, 0.717) is 0 Å². The van der Waals surface area contributed by atoms with Crippen molar-refractivity contribution < 1.29 is 0 Å². The highest BCUT2D eigenvalue weighted by Gasteiger charge is 2.54. The van der Waals surface area contributed by atoms with E-state index < -0.39 is 5.41 Å². The molecule has 0 heterocycles. The summed E-state index contributed by atoms with van der Waals surface area (Å²) in [6, 6.07) is 101. The molecule has 0 atom stereocenters. The number of nitrogens with zero attached hydrogens (tertiary/aromatic N) is 1. The van der Waals surface area contributed by atoms with E-state index in [1.54, 1.807) is 0 Å². The molecule has 0 saturated carbocycles. The van der Waals surface area contributed by atoms with Crippen LogP contribution in [0.25, 0.3) is 66.8 Å². The van der Waals surface area contributed by atoms with E-state index in [9.17, 15) is 0 Å². The van der Waals surface area contributed by atoms with Crippen LogP contribution in [-0.4, -0.2) is 0 Å². The van der Waals surface area contributed by atoms with Crippen LogP contribution in [0.5, 0.6) is 0 Å². The predicted molar refractivity (Wildman–Crippen MR) is 298 cm³/mol.